The number of benzene rings is 2. The Labute approximate surface area is 206 Å². The second-order valence-electron chi connectivity index (χ2n) is 10.0. The van der Waals surface area contributed by atoms with Crippen molar-refractivity contribution in [2.45, 2.75) is 64.5 Å². The highest BCUT2D eigenvalue weighted by molar-refractivity contribution is 5.87. The van der Waals surface area contributed by atoms with Gasteiger partial charge < -0.3 is 20.5 Å². The van der Waals surface area contributed by atoms with Crippen molar-refractivity contribution in [3.63, 3.8) is 0 Å². The molecule has 7 heteroatoms. The molecule has 2 amide bonds. The maximum atomic E-state index is 13.2. The quantitative estimate of drug-likeness (QED) is 0.510. The van der Waals surface area contributed by atoms with Crippen LogP contribution in [-0.4, -0.2) is 41.8 Å². The molecule has 0 spiro atoms. The van der Waals surface area contributed by atoms with Gasteiger partial charge in [0, 0.05) is 12.0 Å². The molecule has 0 aliphatic heterocycles. The zero-order chi connectivity index (χ0) is 25.2. The Morgan fingerprint density at radius 3 is 2.26 bits per heavy atom. The van der Waals surface area contributed by atoms with Crippen molar-refractivity contribution in [3.05, 3.63) is 59.7 Å². The molecule has 2 unspecified atom stereocenters. The van der Waals surface area contributed by atoms with Crippen molar-refractivity contribution in [3.8, 4) is 11.1 Å². The van der Waals surface area contributed by atoms with E-state index < -0.39 is 29.6 Å². The number of carboxylic acid groups (broad SMARTS) is 1. The number of hydrogen-bond acceptors (Lipinski definition) is 4. The topological polar surface area (TPSA) is 105 Å². The third-order valence-electron chi connectivity index (χ3n) is 7.88. The van der Waals surface area contributed by atoms with Gasteiger partial charge in [-0.15, -0.1) is 0 Å². The summed E-state index contributed by atoms with van der Waals surface area (Å²) < 4.78 is 5.64. The average molecular weight is 479 g/mol. The van der Waals surface area contributed by atoms with Gasteiger partial charge in [0.05, 0.1) is 5.41 Å². The maximum Gasteiger partial charge on any atom is 0.407 e. The minimum Gasteiger partial charge on any atom is -0.481 e. The number of fused-ring (bicyclic) bond motifs is 3. The highest BCUT2D eigenvalue weighted by Crippen LogP contribution is 2.44. The predicted molar refractivity (Wildman–Crippen MR) is 133 cm³/mol. The van der Waals surface area contributed by atoms with Crippen LogP contribution in [-0.2, 0) is 14.3 Å². The van der Waals surface area contributed by atoms with Gasteiger partial charge in [0.15, 0.2) is 0 Å². The van der Waals surface area contributed by atoms with Gasteiger partial charge in [0.25, 0.3) is 0 Å². The smallest absolute Gasteiger partial charge is 0.407 e. The van der Waals surface area contributed by atoms with E-state index in [1.807, 2.05) is 38.1 Å². The number of carbonyl (C=O) groups is 3. The Bertz CT molecular complexity index is 1070. The summed E-state index contributed by atoms with van der Waals surface area (Å²) in [5, 5.41) is 15.3. The fourth-order valence-electron chi connectivity index (χ4n) is 5.38. The molecular formula is C28H34N2O5. The number of ether oxygens (including phenoxy) is 1. The van der Waals surface area contributed by atoms with Crippen LogP contribution in [0.1, 0.15) is 63.5 Å². The van der Waals surface area contributed by atoms with Crippen LogP contribution < -0.4 is 10.6 Å². The summed E-state index contributed by atoms with van der Waals surface area (Å²) in [6.07, 6.45) is 1.87. The van der Waals surface area contributed by atoms with Crippen LogP contribution in [0, 0.1) is 11.3 Å². The molecule has 0 saturated heterocycles. The van der Waals surface area contributed by atoms with Crippen LogP contribution in [0.4, 0.5) is 4.79 Å². The molecule has 0 heterocycles. The summed E-state index contributed by atoms with van der Waals surface area (Å²) in [7, 11) is 0. The zero-order valence-corrected chi connectivity index (χ0v) is 20.5. The van der Waals surface area contributed by atoms with Gasteiger partial charge in [-0.2, -0.15) is 0 Å². The molecule has 2 aliphatic rings. The highest BCUT2D eigenvalue weighted by Gasteiger charge is 2.46. The van der Waals surface area contributed by atoms with E-state index >= 15 is 0 Å². The number of rotatable bonds is 8. The lowest BCUT2D eigenvalue weighted by Gasteiger charge is -2.31. The van der Waals surface area contributed by atoms with Crippen molar-refractivity contribution in [2.24, 2.45) is 11.3 Å². The molecule has 0 radical (unpaired) electrons. The maximum absolute atomic E-state index is 13.2. The predicted octanol–water partition coefficient (Wildman–Crippen LogP) is 4.70. The fraction of sp³-hybridized carbons (Fsp3) is 0.464. The van der Waals surface area contributed by atoms with Gasteiger partial charge in [-0.3, -0.25) is 9.59 Å². The summed E-state index contributed by atoms with van der Waals surface area (Å²) >= 11 is 0. The molecule has 35 heavy (non-hydrogen) atoms. The lowest BCUT2D eigenvalue weighted by atomic mass is 9.84. The Morgan fingerprint density at radius 2 is 1.69 bits per heavy atom. The van der Waals surface area contributed by atoms with Crippen LogP contribution in [0.25, 0.3) is 11.1 Å². The van der Waals surface area contributed by atoms with Crippen LogP contribution in [0.5, 0.6) is 0 Å². The van der Waals surface area contributed by atoms with Gasteiger partial charge in [-0.1, -0.05) is 75.2 Å². The Kier molecular flexibility index (Phi) is 7.15. The molecular weight excluding hydrogens is 444 g/mol. The second kappa shape index (κ2) is 10.1. The first-order chi connectivity index (χ1) is 16.8. The van der Waals surface area contributed by atoms with E-state index in [-0.39, 0.29) is 24.3 Å². The monoisotopic (exact) mass is 478 g/mol. The molecule has 7 nitrogen and oxygen atoms in total. The molecule has 2 aliphatic carbocycles. The lowest BCUT2D eigenvalue weighted by molar-refractivity contribution is -0.149. The molecule has 4 atom stereocenters. The second-order valence-corrected chi connectivity index (χ2v) is 10.0. The van der Waals surface area contributed by atoms with Crippen LogP contribution in [0.3, 0.4) is 0 Å². The lowest BCUT2D eigenvalue weighted by Crippen LogP contribution is -2.55. The molecule has 3 N–H and O–H groups in total. The zero-order valence-electron chi connectivity index (χ0n) is 20.5. The van der Waals surface area contributed by atoms with Gasteiger partial charge in [-0.05, 0) is 47.9 Å². The first-order valence-electron chi connectivity index (χ1n) is 12.4. The first kappa shape index (κ1) is 24.8. The summed E-state index contributed by atoms with van der Waals surface area (Å²) in [6, 6.07) is 14.9. The van der Waals surface area contributed by atoms with Crippen molar-refractivity contribution >= 4 is 18.0 Å². The van der Waals surface area contributed by atoms with Crippen molar-refractivity contribution in [2.75, 3.05) is 6.61 Å². The minimum atomic E-state index is -1.00. The van der Waals surface area contributed by atoms with Crippen molar-refractivity contribution in [1.82, 2.24) is 10.6 Å². The van der Waals surface area contributed by atoms with Crippen LogP contribution >= 0.6 is 0 Å². The van der Waals surface area contributed by atoms with E-state index in [0.717, 1.165) is 28.7 Å². The minimum absolute atomic E-state index is 0.0706. The molecule has 1 saturated carbocycles. The number of carboxylic acids is 1. The summed E-state index contributed by atoms with van der Waals surface area (Å²) in [5.74, 6) is -1.50. The third-order valence-corrected chi connectivity index (χ3v) is 7.88. The number of hydrogen-bond donors (Lipinski definition) is 3. The van der Waals surface area contributed by atoms with Gasteiger partial charge in [0.2, 0.25) is 5.91 Å². The number of alkyl carbamates (subject to hydrolysis) is 1. The van der Waals surface area contributed by atoms with E-state index in [2.05, 4.69) is 34.9 Å². The van der Waals surface area contributed by atoms with Crippen LogP contribution in [0.15, 0.2) is 48.5 Å². The average Bonchev–Trinajstić information content (AvgIpc) is 3.39. The Hall–Kier alpha value is -3.35. The van der Waals surface area contributed by atoms with E-state index in [0.29, 0.717) is 19.3 Å². The SMILES string of the molecule is CC[C@H](C)[C@H](NC(=O)OCC1c2ccccc2-c2ccccc21)C(=O)NC1CCCC1(C)C(=O)O. The molecule has 0 bridgehead atoms. The molecule has 1 fully saturated rings. The van der Waals surface area contributed by atoms with E-state index in [9.17, 15) is 19.5 Å². The summed E-state index contributed by atoms with van der Waals surface area (Å²) in [5.41, 5.74) is 3.53. The number of carbonyl (C=O) groups excluding carboxylic acids is 2. The van der Waals surface area contributed by atoms with Gasteiger partial charge in [-0.25, -0.2) is 4.79 Å². The number of nitrogens with one attached hydrogen (secondary N) is 2. The summed E-state index contributed by atoms with van der Waals surface area (Å²) in [6.45, 7) is 5.67. The largest absolute Gasteiger partial charge is 0.481 e. The molecule has 2 aromatic carbocycles. The fourth-order valence-corrected chi connectivity index (χ4v) is 5.38. The van der Waals surface area contributed by atoms with Crippen molar-refractivity contribution < 1.29 is 24.2 Å². The molecule has 4 rings (SSSR count). The number of aliphatic carboxylic acids is 1. The third kappa shape index (κ3) is 4.77. The van der Waals surface area contributed by atoms with Gasteiger partial charge >= 0.3 is 12.1 Å². The van der Waals surface area contributed by atoms with Gasteiger partial charge in [0.1, 0.15) is 12.6 Å². The molecule has 186 valence electrons. The number of amides is 2. The Morgan fingerprint density at radius 1 is 1.09 bits per heavy atom. The van der Waals surface area contributed by atoms with Crippen LogP contribution in [0.2, 0.25) is 0 Å². The summed E-state index contributed by atoms with van der Waals surface area (Å²) in [4.78, 5) is 37.8. The first-order valence-corrected chi connectivity index (χ1v) is 12.4. The van der Waals surface area contributed by atoms with E-state index in [1.165, 1.54) is 0 Å². The highest BCUT2D eigenvalue weighted by atomic mass is 16.5. The van der Waals surface area contributed by atoms with E-state index in [1.54, 1.807) is 6.92 Å². The normalized spacial score (nSPS) is 22.5. The molecule has 0 aromatic heterocycles. The van der Waals surface area contributed by atoms with E-state index in [4.69, 9.17) is 4.74 Å². The molecule has 2 aromatic rings. The van der Waals surface area contributed by atoms with Crippen molar-refractivity contribution in [1.29, 1.82) is 0 Å². The standard InChI is InChI=1S/C28H34N2O5/c1-4-17(2)24(25(31)29-23-14-9-15-28(23,3)26(32)33)30-27(34)35-16-22-20-12-7-5-10-18(20)19-11-6-8-13-21(19)22/h5-8,10-13,17,22-24H,4,9,14-16H2,1-3H3,(H,29,31)(H,30,34)(H,32,33)/t17-,23?,24-,28?/m0/s1. The Balaban J connectivity index is 1.43.